The summed E-state index contributed by atoms with van der Waals surface area (Å²) in [6, 6.07) is 0. The minimum Gasteiger partial charge on any atom is -0.368 e. The van der Waals surface area contributed by atoms with Crippen molar-refractivity contribution >= 4 is 5.95 Å². The van der Waals surface area contributed by atoms with Crippen LogP contribution in [0.4, 0.5) is 5.95 Å². The zero-order valence-electron chi connectivity index (χ0n) is 8.35. The lowest BCUT2D eigenvalue weighted by molar-refractivity contribution is 0.214. The highest BCUT2D eigenvalue weighted by atomic mass is 15.4. The van der Waals surface area contributed by atoms with Gasteiger partial charge >= 0.3 is 0 Å². The van der Waals surface area contributed by atoms with Crippen molar-refractivity contribution in [1.29, 1.82) is 0 Å². The van der Waals surface area contributed by atoms with Crippen LogP contribution in [-0.4, -0.2) is 32.9 Å². The van der Waals surface area contributed by atoms with E-state index >= 15 is 0 Å². The second-order valence-electron chi connectivity index (χ2n) is 3.76. The van der Waals surface area contributed by atoms with E-state index in [-0.39, 0.29) is 0 Å². The van der Waals surface area contributed by atoms with Crippen LogP contribution in [0.15, 0.2) is 0 Å². The van der Waals surface area contributed by atoms with E-state index in [0.717, 1.165) is 31.8 Å². The van der Waals surface area contributed by atoms with Gasteiger partial charge in [0.1, 0.15) is 0 Å². The first-order valence-electron chi connectivity index (χ1n) is 4.83. The van der Waals surface area contributed by atoms with Crippen LogP contribution in [0, 0.1) is 0 Å². The first kappa shape index (κ1) is 9.42. The average molecular weight is 196 g/mol. The maximum Gasteiger partial charge on any atom is 0.218 e. The number of rotatable bonds is 1. The van der Waals surface area contributed by atoms with Crippen LogP contribution in [0.3, 0.4) is 0 Å². The Labute approximate surface area is 82.9 Å². The molecule has 0 unspecified atom stereocenters. The van der Waals surface area contributed by atoms with Gasteiger partial charge in [-0.1, -0.05) is 0 Å². The van der Waals surface area contributed by atoms with E-state index in [9.17, 15) is 0 Å². The van der Waals surface area contributed by atoms with Crippen molar-refractivity contribution in [3.8, 4) is 0 Å². The molecule has 1 aliphatic heterocycles. The average Bonchev–Trinajstić information content (AvgIpc) is 2.48. The molecular formula is C8H16N6. The summed E-state index contributed by atoms with van der Waals surface area (Å²) in [4.78, 5) is 4.23. The number of nitrogens with two attached hydrogens (primary N) is 2. The Morgan fingerprint density at radius 1 is 1.36 bits per heavy atom. The number of hydrogen-bond acceptors (Lipinski definition) is 5. The summed E-state index contributed by atoms with van der Waals surface area (Å²) >= 11 is 0. The summed E-state index contributed by atoms with van der Waals surface area (Å²) in [5.41, 5.74) is 5.63. The van der Waals surface area contributed by atoms with Gasteiger partial charge in [-0.25, -0.2) is 9.69 Å². The second-order valence-corrected chi connectivity index (χ2v) is 3.76. The molecule has 2 rings (SSSR count). The lowest BCUT2D eigenvalue weighted by atomic mass is 9.97. The van der Waals surface area contributed by atoms with Gasteiger partial charge in [-0.05, 0) is 12.8 Å². The smallest absolute Gasteiger partial charge is 0.218 e. The third-order valence-electron chi connectivity index (χ3n) is 2.71. The molecule has 1 saturated heterocycles. The molecule has 1 aromatic rings. The molecule has 0 aliphatic carbocycles. The number of anilines is 1. The highest BCUT2D eigenvalue weighted by Crippen LogP contribution is 2.24. The maximum atomic E-state index is 5.67. The van der Waals surface area contributed by atoms with E-state index in [1.807, 2.05) is 12.1 Å². The normalized spacial score (nSPS) is 20.1. The second kappa shape index (κ2) is 3.55. The highest BCUT2D eigenvalue weighted by molar-refractivity contribution is 5.17. The van der Waals surface area contributed by atoms with Gasteiger partial charge in [0.05, 0.1) is 0 Å². The molecule has 0 radical (unpaired) electrons. The number of nitrogens with zero attached hydrogens (tertiary/aromatic N) is 4. The van der Waals surface area contributed by atoms with Crippen LogP contribution in [0.25, 0.3) is 0 Å². The Morgan fingerprint density at radius 2 is 2.00 bits per heavy atom. The Morgan fingerprint density at radius 3 is 2.50 bits per heavy atom. The maximum absolute atomic E-state index is 5.67. The molecule has 6 heteroatoms. The summed E-state index contributed by atoms with van der Waals surface area (Å²) in [6.45, 7) is 1.81. The third-order valence-corrected chi connectivity index (χ3v) is 2.71. The van der Waals surface area contributed by atoms with E-state index in [1.165, 1.54) is 0 Å². The molecule has 1 aliphatic rings. The Balaban J connectivity index is 2.08. The molecule has 4 N–H and O–H groups in total. The summed E-state index contributed by atoms with van der Waals surface area (Å²) < 4.78 is 1.62. The molecule has 1 aromatic heterocycles. The molecule has 2 heterocycles. The van der Waals surface area contributed by atoms with Crippen molar-refractivity contribution in [1.82, 2.24) is 19.8 Å². The molecule has 14 heavy (non-hydrogen) atoms. The minimum atomic E-state index is 0.415. The Hall–Kier alpha value is -1.14. The summed E-state index contributed by atoms with van der Waals surface area (Å²) in [5, 5.41) is 6.12. The molecule has 78 valence electrons. The van der Waals surface area contributed by atoms with Gasteiger partial charge in [-0.2, -0.15) is 10.1 Å². The van der Waals surface area contributed by atoms with Crippen LogP contribution >= 0.6 is 0 Å². The largest absolute Gasteiger partial charge is 0.368 e. The first-order valence-corrected chi connectivity index (χ1v) is 4.83. The van der Waals surface area contributed by atoms with Gasteiger partial charge in [-0.15, -0.1) is 0 Å². The lowest BCUT2D eigenvalue weighted by Crippen LogP contribution is -2.38. The summed E-state index contributed by atoms with van der Waals surface area (Å²) in [7, 11) is 1.81. The summed E-state index contributed by atoms with van der Waals surface area (Å²) in [5.74, 6) is 7.43. The number of nitrogen functional groups attached to an aromatic ring is 1. The number of aromatic nitrogens is 3. The predicted octanol–water partition coefficient (Wildman–Crippen LogP) is -0.550. The van der Waals surface area contributed by atoms with Gasteiger partial charge in [0.25, 0.3) is 0 Å². The molecular weight excluding hydrogens is 180 g/mol. The van der Waals surface area contributed by atoms with Crippen LogP contribution in [0.2, 0.25) is 0 Å². The van der Waals surface area contributed by atoms with Crippen LogP contribution in [-0.2, 0) is 7.05 Å². The number of aryl methyl sites for hydroxylation is 1. The fourth-order valence-corrected chi connectivity index (χ4v) is 1.75. The quantitative estimate of drug-likeness (QED) is 0.589. The molecule has 0 saturated carbocycles. The highest BCUT2D eigenvalue weighted by Gasteiger charge is 2.22. The molecule has 0 spiro atoms. The predicted molar refractivity (Wildman–Crippen MR) is 53.2 cm³/mol. The monoisotopic (exact) mass is 196 g/mol. The van der Waals surface area contributed by atoms with Crippen LogP contribution < -0.4 is 11.6 Å². The van der Waals surface area contributed by atoms with Crippen molar-refractivity contribution in [2.24, 2.45) is 12.9 Å². The Kier molecular flexibility index (Phi) is 2.39. The zero-order valence-corrected chi connectivity index (χ0v) is 8.35. The molecule has 1 fully saturated rings. The molecule has 0 amide bonds. The van der Waals surface area contributed by atoms with Gasteiger partial charge in [0.15, 0.2) is 5.82 Å². The van der Waals surface area contributed by atoms with Crippen molar-refractivity contribution in [2.45, 2.75) is 18.8 Å². The van der Waals surface area contributed by atoms with Crippen molar-refractivity contribution in [2.75, 3.05) is 18.8 Å². The third kappa shape index (κ3) is 1.71. The minimum absolute atomic E-state index is 0.415. The van der Waals surface area contributed by atoms with E-state index in [0.29, 0.717) is 11.9 Å². The number of hydrazine groups is 1. The number of hydrogen-bond donors (Lipinski definition) is 2. The van der Waals surface area contributed by atoms with Crippen LogP contribution in [0.1, 0.15) is 24.6 Å². The van der Waals surface area contributed by atoms with Crippen molar-refractivity contribution in [3.05, 3.63) is 5.82 Å². The molecule has 6 nitrogen and oxygen atoms in total. The summed E-state index contributed by atoms with van der Waals surface area (Å²) in [6.07, 6.45) is 2.03. The number of piperidine rings is 1. The fraction of sp³-hybridized carbons (Fsp3) is 0.750. The fourth-order valence-electron chi connectivity index (χ4n) is 1.75. The van der Waals surface area contributed by atoms with Gasteiger partial charge in [0, 0.05) is 26.1 Å². The van der Waals surface area contributed by atoms with Crippen molar-refractivity contribution < 1.29 is 0 Å². The Bertz CT molecular complexity index is 292. The molecule has 0 aromatic carbocycles. The molecule has 0 bridgehead atoms. The first-order chi connectivity index (χ1) is 6.66. The van der Waals surface area contributed by atoms with Crippen LogP contribution in [0.5, 0.6) is 0 Å². The molecule has 0 atom stereocenters. The van der Waals surface area contributed by atoms with E-state index in [1.54, 1.807) is 4.68 Å². The van der Waals surface area contributed by atoms with E-state index < -0.39 is 0 Å². The van der Waals surface area contributed by atoms with Gasteiger partial charge in [-0.3, -0.25) is 5.84 Å². The standard InChI is InChI=1S/C8H16N6/c1-13-8(9)11-7(12-13)6-2-4-14(10)5-3-6/h6H,2-5,10H2,1H3,(H2,9,11,12). The lowest BCUT2D eigenvalue weighted by Gasteiger charge is -2.26. The van der Waals surface area contributed by atoms with Gasteiger partial charge < -0.3 is 5.73 Å². The zero-order chi connectivity index (χ0) is 10.1. The SMILES string of the molecule is Cn1nc(C2CCN(N)CC2)nc1N. The van der Waals surface area contributed by atoms with Gasteiger partial charge in [0.2, 0.25) is 5.95 Å². The van der Waals surface area contributed by atoms with Crippen molar-refractivity contribution in [3.63, 3.8) is 0 Å². The van der Waals surface area contributed by atoms with E-state index in [4.69, 9.17) is 11.6 Å². The topological polar surface area (TPSA) is 86.0 Å². The van der Waals surface area contributed by atoms with E-state index in [2.05, 4.69) is 10.1 Å².